The zero-order chi connectivity index (χ0) is 14.1. The molecule has 3 heteroatoms. The predicted octanol–water partition coefficient (Wildman–Crippen LogP) is 4.23. The molecular weight excluding hydrogens is 256 g/mol. The Bertz CT molecular complexity index is 637. The van der Waals surface area contributed by atoms with Gasteiger partial charge in [-0.1, -0.05) is 25.1 Å². The largest absolute Gasteiger partial charge is 0.312 e. The molecule has 104 valence electrons. The normalized spacial score (nSPS) is 17.9. The van der Waals surface area contributed by atoms with Gasteiger partial charge in [0.25, 0.3) is 0 Å². The Kier molecular flexibility index (Phi) is 3.53. The van der Waals surface area contributed by atoms with Crippen molar-refractivity contribution in [2.45, 2.75) is 25.8 Å². The van der Waals surface area contributed by atoms with Crippen molar-refractivity contribution in [3.05, 3.63) is 59.2 Å². The molecule has 0 aliphatic carbocycles. The Balaban J connectivity index is 2.15. The minimum Gasteiger partial charge on any atom is -0.312 e. The third kappa shape index (κ3) is 2.22. The molecule has 0 fully saturated rings. The second kappa shape index (κ2) is 5.33. The fraction of sp³-hybridized carbons (Fsp3) is 0.294. The van der Waals surface area contributed by atoms with Gasteiger partial charge in [0.15, 0.2) is 0 Å². The monoisotopic (exact) mass is 273 g/mol. The Labute approximate surface area is 117 Å². The van der Waals surface area contributed by atoms with Crippen LogP contribution < -0.4 is 5.32 Å². The van der Waals surface area contributed by atoms with Crippen molar-refractivity contribution >= 4 is 0 Å². The summed E-state index contributed by atoms with van der Waals surface area (Å²) in [5.41, 5.74) is 3.76. The first-order valence-corrected chi connectivity index (χ1v) is 6.98. The third-order valence-electron chi connectivity index (χ3n) is 4.06. The lowest BCUT2D eigenvalue weighted by molar-refractivity contribution is 0.530. The van der Waals surface area contributed by atoms with Crippen molar-refractivity contribution in [3.8, 4) is 11.1 Å². The standard InChI is InChI=1S/C17H17F2N/c1-2-11-9-20-10-16-13(11)4-3-5-14(16)15-7-6-12(18)8-17(15)19/h3-8,11,20H,2,9-10H2,1H3. The molecule has 3 rings (SSSR count). The molecule has 2 aromatic carbocycles. The van der Waals surface area contributed by atoms with E-state index in [-0.39, 0.29) is 0 Å². The Morgan fingerprint density at radius 3 is 2.75 bits per heavy atom. The topological polar surface area (TPSA) is 12.0 Å². The lowest BCUT2D eigenvalue weighted by Gasteiger charge is -2.27. The zero-order valence-corrected chi connectivity index (χ0v) is 11.4. The first kappa shape index (κ1) is 13.3. The molecule has 0 spiro atoms. The van der Waals surface area contributed by atoms with Gasteiger partial charge in [0.2, 0.25) is 0 Å². The maximum absolute atomic E-state index is 14.0. The number of fused-ring (bicyclic) bond motifs is 1. The number of halogens is 2. The molecule has 1 heterocycles. The molecule has 0 aromatic heterocycles. The molecule has 1 aliphatic heterocycles. The van der Waals surface area contributed by atoms with Gasteiger partial charge in [0.1, 0.15) is 11.6 Å². The van der Waals surface area contributed by atoms with Crippen molar-refractivity contribution < 1.29 is 8.78 Å². The van der Waals surface area contributed by atoms with Gasteiger partial charge >= 0.3 is 0 Å². The number of nitrogens with one attached hydrogen (secondary N) is 1. The van der Waals surface area contributed by atoms with E-state index in [1.807, 2.05) is 12.1 Å². The van der Waals surface area contributed by atoms with Crippen LogP contribution in [0.3, 0.4) is 0 Å². The lowest BCUT2D eigenvalue weighted by atomic mass is 9.85. The van der Waals surface area contributed by atoms with Gasteiger partial charge in [-0.25, -0.2) is 8.78 Å². The summed E-state index contributed by atoms with van der Waals surface area (Å²) in [6, 6.07) is 9.78. The summed E-state index contributed by atoms with van der Waals surface area (Å²) in [5.74, 6) is -0.583. The van der Waals surface area contributed by atoms with E-state index in [0.29, 0.717) is 11.5 Å². The molecular formula is C17H17F2N. The van der Waals surface area contributed by atoms with Gasteiger partial charge in [-0.3, -0.25) is 0 Å². The molecule has 0 radical (unpaired) electrons. The van der Waals surface area contributed by atoms with Gasteiger partial charge in [0.05, 0.1) is 0 Å². The van der Waals surface area contributed by atoms with E-state index < -0.39 is 11.6 Å². The molecule has 1 aliphatic rings. The molecule has 1 atom stereocenters. The van der Waals surface area contributed by atoms with Crippen LogP contribution in [0.2, 0.25) is 0 Å². The van der Waals surface area contributed by atoms with Crippen LogP contribution in [0.4, 0.5) is 8.78 Å². The van der Waals surface area contributed by atoms with E-state index in [9.17, 15) is 8.78 Å². The van der Waals surface area contributed by atoms with Crippen molar-refractivity contribution in [1.82, 2.24) is 5.32 Å². The van der Waals surface area contributed by atoms with Gasteiger partial charge in [0, 0.05) is 24.7 Å². The third-order valence-corrected chi connectivity index (χ3v) is 4.06. The average molecular weight is 273 g/mol. The Morgan fingerprint density at radius 2 is 2.00 bits per heavy atom. The Hall–Kier alpha value is -1.74. The second-order valence-corrected chi connectivity index (χ2v) is 5.23. The summed E-state index contributed by atoms with van der Waals surface area (Å²) >= 11 is 0. The highest BCUT2D eigenvalue weighted by Crippen LogP contribution is 2.34. The van der Waals surface area contributed by atoms with Gasteiger partial charge in [-0.2, -0.15) is 0 Å². The number of hydrogen-bond acceptors (Lipinski definition) is 1. The minimum atomic E-state index is -0.541. The van der Waals surface area contributed by atoms with Crippen LogP contribution in [0.15, 0.2) is 36.4 Å². The van der Waals surface area contributed by atoms with E-state index >= 15 is 0 Å². The summed E-state index contributed by atoms with van der Waals surface area (Å²) in [6.07, 6.45) is 1.05. The average Bonchev–Trinajstić information content (AvgIpc) is 2.46. The van der Waals surface area contributed by atoms with E-state index in [0.717, 1.165) is 36.7 Å². The van der Waals surface area contributed by atoms with E-state index in [4.69, 9.17) is 0 Å². The van der Waals surface area contributed by atoms with Crippen LogP contribution in [0.25, 0.3) is 11.1 Å². The molecule has 0 saturated heterocycles. The number of rotatable bonds is 2. The fourth-order valence-corrected chi connectivity index (χ4v) is 2.99. The molecule has 2 aromatic rings. The summed E-state index contributed by atoms with van der Waals surface area (Å²) in [5, 5.41) is 3.39. The van der Waals surface area contributed by atoms with Crippen molar-refractivity contribution in [3.63, 3.8) is 0 Å². The maximum atomic E-state index is 14.0. The quantitative estimate of drug-likeness (QED) is 0.863. The van der Waals surface area contributed by atoms with Crippen LogP contribution in [-0.2, 0) is 6.54 Å². The van der Waals surface area contributed by atoms with Gasteiger partial charge in [-0.15, -0.1) is 0 Å². The van der Waals surface area contributed by atoms with Crippen LogP contribution in [0.1, 0.15) is 30.4 Å². The number of benzene rings is 2. The summed E-state index contributed by atoms with van der Waals surface area (Å²) in [4.78, 5) is 0. The number of hydrogen-bond donors (Lipinski definition) is 1. The van der Waals surface area contributed by atoms with E-state index in [1.165, 1.54) is 17.7 Å². The first-order valence-electron chi connectivity index (χ1n) is 6.98. The molecule has 1 nitrogen and oxygen atoms in total. The molecule has 20 heavy (non-hydrogen) atoms. The first-order chi connectivity index (χ1) is 9.70. The lowest BCUT2D eigenvalue weighted by Crippen LogP contribution is -2.28. The van der Waals surface area contributed by atoms with E-state index in [2.05, 4.69) is 18.3 Å². The molecule has 1 unspecified atom stereocenters. The van der Waals surface area contributed by atoms with Gasteiger partial charge in [-0.05, 0) is 41.2 Å². The van der Waals surface area contributed by atoms with Gasteiger partial charge < -0.3 is 5.32 Å². The zero-order valence-electron chi connectivity index (χ0n) is 11.4. The second-order valence-electron chi connectivity index (χ2n) is 5.23. The summed E-state index contributed by atoms with van der Waals surface area (Å²) < 4.78 is 27.1. The van der Waals surface area contributed by atoms with Crippen molar-refractivity contribution in [1.29, 1.82) is 0 Å². The van der Waals surface area contributed by atoms with Crippen LogP contribution >= 0.6 is 0 Å². The molecule has 0 saturated carbocycles. The smallest absolute Gasteiger partial charge is 0.133 e. The van der Waals surface area contributed by atoms with Crippen molar-refractivity contribution in [2.75, 3.05) is 6.54 Å². The van der Waals surface area contributed by atoms with Crippen LogP contribution in [0, 0.1) is 11.6 Å². The molecule has 0 bridgehead atoms. The highest BCUT2D eigenvalue weighted by Gasteiger charge is 2.22. The summed E-state index contributed by atoms with van der Waals surface area (Å²) in [6.45, 7) is 3.85. The maximum Gasteiger partial charge on any atom is 0.133 e. The predicted molar refractivity (Wildman–Crippen MR) is 76.5 cm³/mol. The summed E-state index contributed by atoms with van der Waals surface area (Å²) in [7, 11) is 0. The van der Waals surface area contributed by atoms with E-state index in [1.54, 1.807) is 0 Å². The molecule has 0 amide bonds. The highest BCUT2D eigenvalue weighted by molar-refractivity contribution is 5.70. The van der Waals surface area contributed by atoms with Crippen LogP contribution in [0.5, 0.6) is 0 Å². The SMILES string of the molecule is CCC1CNCc2c(-c3ccc(F)cc3F)cccc21. The van der Waals surface area contributed by atoms with Crippen LogP contribution in [-0.4, -0.2) is 6.54 Å². The van der Waals surface area contributed by atoms with Crippen molar-refractivity contribution in [2.24, 2.45) is 0 Å². The molecule has 1 N–H and O–H groups in total. The highest BCUT2D eigenvalue weighted by atomic mass is 19.1. The minimum absolute atomic E-state index is 0.460. The fourth-order valence-electron chi connectivity index (χ4n) is 2.99. The Morgan fingerprint density at radius 1 is 1.15 bits per heavy atom.